The minimum atomic E-state index is -3.54. The van der Waals surface area contributed by atoms with Crippen LogP contribution in [0.1, 0.15) is 42.5 Å². The molecular formula is C17H20F2O2. The Morgan fingerprint density at radius 2 is 1.90 bits per heavy atom. The summed E-state index contributed by atoms with van der Waals surface area (Å²) in [7, 11) is 0. The van der Waals surface area contributed by atoms with E-state index in [0.29, 0.717) is 12.8 Å². The van der Waals surface area contributed by atoms with Gasteiger partial charge in [-0.15, -0.1) is 6.58 Å². The highest BCUT2D eigenvalue weighted by Gasteiger charge is 2.49. The second kappa shape index (κ2) is 6.37. The lowest BCUT2D eigenvalue weighted by atomic mass is 9.75. The molecule has 0 unspecified atom stereocenters. The predicted molar refractivity (Wildman–Crippen MR) is 77.6 cm³/mol. The van der Waals surface area contributed by atoms with E-state index in [9.17, 15) is 18.7 Å². The van der Waals surface area contributed by atoms with Crippen LogP contribution in [0.5, 0.6) is 5.75 Å². The zero-order valence-electron chi connectivity index (χ0n) is 11.9. The van der Waals surface area contributed by atoms with Crippen LogP contribution in [0.25, 0.3) is 0 Å². The molecule has 0 heterocycles. The van der Waals surface area contributed by atoms with Gasteiger partial charge in [0.1, 0.15) is 5.75 Å². The summed E-state index contributed by atoms with van der Waals surface area (Å²) in [4.78, 5) is 12.2. The summed E-state index contributed by atoms with van der Waals surface area (Å²) in [6, 6.07) is 5.43. The molecule has 0 spiro atoms. The molecule has 1 aliphatic carbocycles. The minimum Gasteiger partial charge on any atom is -0.507 e. The second-order valence-electron chi connectivity index (χ2n) is 5.63. The fraction of sp³-hybridized carbons (Fsp3) is 0.471. The molecule has 0 bridgehead atoms. The minimum absolute atomic E-state index is 0.221. The number of halogens is 2. The number of rotatable bonds is 5. The third-order valence-corrected chi connectivity index (χ3v) is 4.28. The molecule has 1 fully saturated rings. The van der Waals surface area contributed by atoms with E-state index >= 15 is 0 Å². The van der Waals surface area contributed by atoms with Gasteiger partial charge in [-0.1, -0.05) is 37.5 Å². The Morgan fingerprint density at radius 1 is 1.29 bits per heavy atom. The van der Waals surface area contributed by atoms with Crippen LogP contribution in [0.15, 0.2) is 36.9 Å². The number of benzene rings is 1. The third kappa shape index (κ3) is 3.14. The topological polar surface area (TPSA) is 37.3 Å². The van der Waals surface area contributed by atoms with Gasteiger partial charge in [0.15, 0.2) is 0 Å². The van der Waals surface area contributed by atoms with Crippen LogP contribution < -0.4 is 0 Å². The first-order valence-electron chi connectivity index (χ1n) is 7.31. The first-order chi connectivity index (χ1) is 9.98. The molecule has 1 aromatic carbocycles. The summed E-state index contributed by atoms with van der Waals surface area (Å²) in [5.41, 5.74) is -0.329. The number of phenols is 1. The zero-order chi connectivity index (χ0) is 15.5. The number of phenolic OH excluding ortho intramolecular Hbond substituents is 1. The Kier molecular flexibility index (Phi) is 4.76. The fourth-order valence-corrected chi connectivity index (χ4v) is 3.13. The number of allylic oxidation sites excluding steroid dienone is 1. The van der Waals surface area contributed by atoms with Crippen molar-refractivity contribution < 1.29 is 18.7 Å². The Balaban J connectivity index is 2.28. The number of hydrogen-bond donors (Lipinski definition) is 1. The summed E-state index contributed by atoms with van der Waals surface area (Å²) >= 11 is 0. The Labute approximate surface area is 123 Å². The van der Waals surface area contributed by atoms with Crippen molar-refractivity contribution in [3.8, 4) is 5.75 Å². The van der Waals surface area contributed by atoms with E-state index in [2.05, 4.69) is 6.58 Å². The lowest BCUT2D eigenvalue weighted by Gasteiger charge is -2.33. The zero-order valence-corrected chi connectivity index (χ0v) is 11.9. The van der Waals surface area contributed by atoms with Crippen LogP contribution in [-0.4, -0.2) is 16.8 Å². The average molecular weight is 294 g/mol. The molecule has 1 N–H and O–H groups in total. The molecular weight excluding hydrogens is 274 g/mol. The fourth-order valence-electron chi connectivity index (χ4n) is 3.13. The monoisotopic (exact) mass is 294 g/mol. The van der Waals surface area contributed by atoms with Crippen LogP contribution in [0.3, 0.4) is 0 Å². The Morgan fingerprint density at radius 3 is 2.48 bits per heavy atom. The molecule has 0 radical (unpaired) electrons. The molecule has 2 nitrogen and oxygen atoms in total. The van der Waals surface area contributed by atoms with Crippen LogP contribution in [-0.2, 0) is 0 Å². The van der Waals surface area contributed by atoms with Gasteiger partial charge in [-0.2, -0.15) is 8.78 Å². The molecule has 1 atom stereocenters. The van der Waals surface area contributed by atoms with E-state index in [0.717, 1.165) is 19.3 Å². The molecule has 4 heteroatoms. The Hall–Kier alpha value is -1.71. The van der Waals surface area contributed by atoms with Gasteiger partial charge in [0.25, 0.3) is 0 Å². The molecule has 0 saturated heterocycles. The van der Waals surface area contributed by atoms with Crippen molar-refractivity contribution >= 4 is 5.78 Å². The highest BCUT2D eigenvalue weighted by Crippen LogP contribution is 2.41. The van der Waals surface area contributed by atoms with Crippen molar-refractivity contribution in [1.29, 1.82) is 0 Å². The van der Waals surface area contributed by atoms with Crippen molar-refractivity contribution in [2.75, 3.05) is 0 Å². The van der Waals surface area contributed by atoms with Crippen LogP contribution in [0, 0.1) is 11.8 Å². The quantitative estimate of drug-likeness (QED) is 0.637. The van der Waals surface area contributed by atoms with E-state index in [4.69, 9.17) is 0 Å². The lowest BCUT2D eigenvalue weighted by Crippen LogP contribution is -2.41. The summed E-state index contributed by atoms with van der Waals surface area (Å²) in [6.07, 6.45) is 5.47. The van der Waals surface area contributed by atoms with Crippen LogP contribution in [0.2, 0.25) is 0 Å². The number of para-hydroxylation sites is 1. The first kappa shape index (κ1) is 15.7. The molecule has 0 amide bonds. The number of ketones is 1. The normalized spacial score (nSPS) is 18.2. The average Bonchev–Trinajstić information content (AvgIpc) is 2.48. The van der Waals surface area contributed by atoms with Gasteiger partial charge in [-0.25, -0.2) is 0 Å². The maximum atomic E-state index is 14.6. The predicted octanol–water partition coefficient (Wildman–Crippen LogP) is 4.59. The molecule has 0 aromatic heterocycles. The van der Waals surface area contributed by atoms with Gasteiger partial charge in [0.05, 0.1) is 11.5 Å². The van der Waals surface area contributed by atoms with Crippen molar-refractivity contribution in [2.24, 2.45) is 11.8 Å². The maximum absolute atomic E-state index is 14.6. The van der Waals surface area contributed by atoms with Crippen molar-refractivity contribution in [3.63, 3.8) is 0 Å². The number of carbonyl (C=O) groups excluding carboxylic acids is 1. The van der Waals surface area contributed by atoms with E-state index in [-0.39, 0.29) is 11.5 Å². The van der Waals surface area contributed by atoms with Gasteiger partial charge >= 0.3 is 5.92 Å². The highest BCUT2D eigenvalue weighted by molar-refractivity contribution is 6.03. The molecule has 1 aliphatic rings. The molecule has 1 aromatic rings. The molecule has 2 rings (SSSR count). The van der Waals surface area contributed by atoms with Crippen LogP contribution in [0.4, 0.5) is 8.78 Å². The van der Waals surface area contributed by atoms with Gasteiger partial charge in [-0.05, 0) is 30.9 Å². The SMILES string of the molecule is C=C[C@H](C1CCCCC1)C(F)(F)C(=O)c1ccccc1O. The summed E-state index contributed by atoms with van der Waals surface area (Å²) < 4.78 is 29.2. The molecule has 21 heavy (non-hydrogen) atoms. The van der Waals surface area contributed by atoms with Crippen molar-refractivity contribution in [3.05, 3.63) is 42.5 Å². The van der Waals surface area contributed by atoms with E-state index in [1.165, 1.54) is 30.3 Å². The summed E-state index contributed by atoms with van der Waals surface area (Å²) in [5, 5.41) is 9.63. The largest absolute Gasteiger partial charge is 0.507 e. The van der Waals surface area contributed by atoms with E-state index in [1.807, 2.05) is 0 Å². The first-order valence-corrected chi connectivity index (χ1v) is 7.31. The standard InChI is InChI=1S/C17H20F2O2/c1-2-14(12-8-4-3-5-9-12)17(18,19)16(21)13-10-6-7-11-15(13)20/h2,6-7,10-12,14,20H,1,3-5,8-9H2/t14-/m1/s1. The molecule has 1 saturated carbocycles. The number of alkyl halides is 2. The highest BCUT2D eigenvalue weighted by atomic mass is 19.3. The lowest BCUT2D eigenvalue weighted by molar-refractivity contribution is -0.0383. The second-order valence-corrected chi connectivity index (χ2v) is 5.63. The summed E-state index contributed by atoms with van der Waals surface area (Å²) in [6.45, 7) is 3.51. The van der Waals surface area contributed by atoms with Gasteiger partial charge in [0.2, 0.25) is 5.78 Å². The van der Waals surface area contributed by atoms with Gasteiger partial charge in [0, 0.05) is 0 Å². The van der Waals surface area contributed by atoms with Gasteiger partial charge < -0.3 is 5.11 Å². The van der Waals surface area contributed by atoms with E-state index < -0.39 is 23.4 Å². The van der Waals surface area contributed by atoms with Crippen molar-refractivity contribution in [2.45, 2.75) is 38.0 Å². The van der Waals surface area contributed by atoms with Crippen LogP contribution >= 0.6 is 0 Å². The third-order valence-electron chi connectivity index (χ3n) is 4.28. The number of carbonyl (C=O) groups is 1. The van der Waals surface area contributed by atoms with E-state index in [1.54, 1.807) is 0 Å². The number of Topliss-reactive ketones (excluding diaryl/α,β-unsaturated/α-hetero) is 1. The number of hydrogen-bond acceptors (Lipinski definition) is 2. The van der Waals surface area contributed by atoms with Crippen molar-refractivity contribution in [1.82, 2.24) is 0 Å². The number of aromatic hydroxyl groups is 1. The molecule has 114 valence electrons. The summed E-state index contributed by atoms with van der Waals surface area (Å²) in [5.74, 6) is -6.67. The smallest absolute Gasteiger partial charge is 0.316 e. The molecule has 0 aliphatic heterocycles. The maximum Gasteiger partial charge on any atom is 0.316 e. The van der Waals surface area contributed by atoms with Gasteiger partial charge in [-0.3, -0.25) is 4.79 Å². The Bertz CT molecular complexity index is 519.